The quantitative estimate of drug-likeness (QED) is 0.0417. The molecule has 2 amide bonds. The lowest BCUT2D eigenvalue weighted by Crippen LogP contribution is -2.52. The number of pyridine rings is 4. The van der Waals surface area contributed by atoms with Crippen molar-refractivity contribution in [2.45, 2.75) is 119 Å². The number of hydrogen-bond acceptors (Lipinski definition) is 30. The minimum Gasteiger partial charge on any atom is -0.469 e. The van der Waals surface area contributed by atoms with Crippen LogP contribution in [0.15, 0.2) is 77.4 Å². The minimum absolute atomic E-state index is 0.155. The SMILES string of the molecule is COC(=O)Cc1cccc(Br)n1.COC(=O)Cc1cccc(N2CC(OC)C2)n1.COC1CN(c2cccc(CC(=O)Nc3nnc([C@H]4CCC[C@H](c5nnc(NC(=O)Cc6cccc(N7CC(OC)C7)n6)s5)C4)s3)n2)C1.Nc1nnc([C@H]2CCC[C@H](c3nnc(N)s3)C2)s1. The smallest absolute Gasteiger partial charge is 0.311 e. The Balaban J connectivity index is 0.000000169. The van der Waals surface area contributed by atoms with Gasteiger partial charge in [-0.1, -0.05) is 82.5 Å². The van der Waals surface area contributed by atoms with Crippen molar-refractivity contribution >= 4 is 123 Å². The van der Waals surface area contributed by atoms with E-state index in [1.54, 1.807) is 33.5 Å². The number of carbonyl (C=O) groups excluding carboxylic acids is 4. The first-order valence-electron chi connectivity index (χ1n) is 31.0. The van der Waals surface area contributed by atoms with Crippen LogP contribution < -0.4 is 36.8 Å². The topological polar surface area (TPSA) is 355 Å². The maximum atomic E-state index is 12.8. The van der Waals surface area contributed by atoms with Crippen molar-refractivity contribution in [1.29, 1.82) is 0 Å². The molecule has 13 rings (SSSR count). The van der Waals surface area contributed by atoms with E-state index in [1.165, 1.54) is 66.0 Å². The van der Waals surface area contributed by atoms with Gasteiger partial charge in [0.2, 0.25) is 32.3 Å². The highest BCUT2D eigenvalue weighted by atomic mass is 79.9. The average Bonchev–Trinajstić information content (AvgIpc) is 1.46. The third-order valence-electron chi connectivity index (χ3n) is 16.5. The van der Waals surface area contributed by atoms with Gasteiger partial charge in [-0.25, -0.2) is 19.9 Å². The summed E-state index contributed by atoms with van der Waals surface area (Å²) in [6.45, 7) is 4.91. The molecule has 95 heavy (non-hydrogen) atoms. The van der Waals surface area contributed by atoms with Gasteiger partial charge in [-0.3, -0.25) is 19.2 Å². The summed E-state index contributed by atoms with van der Waals surface area (Å²) in [5.41, 5.74) is 14.1. The highest BCUT2D eigenvalue weighted by Crippen LogP contribution is 2.45. The summed E-state index contributed by atoms with van der Waals surface area (Å²) >= 11 is 9.04. The van der Waals surface area contributed by atoms with E-state index in [-0.39, 0.29) is 73.5 Å². The van der Waals surface area contributed by atoms with Crippen molar-refractivity contribution in [3.8, 4) is 0 Å². The number of methoxy groups -OCH3 is 5. The van der Waals surface area contributed by atoms with Crippen LogP contribution >= 0.6 is 61.3 Å². The van der Waals surface area contributed by atoms with Gasteiger partial charge in [-0.05, 0) is 103 Å². The van der Waals surface area contributed by atoms with E-state index in [2.05, 4.69) is 111 Å². The van der Waals surface area contributed by atoms with Gasteiger partial charge in [-0.2, -0.15) is 0 Å². The Morgan fingerprint density at radius 1 is 0.453 bits per heavy atom. The molecule has 0 unspecified atom stereocenters. The number of nitrogens with one attached hydrogen (secondary N) is 2. The van der Waals surface area contributed by atoms with Crippen LogP contribution in [0.5, 0.6) is 0 Å². The number of amides is 2. The second kappa shape index (κ2) is 34.1. The second-order valence-electron chi connectivity index (χ2n) is 23.1. The number of anilines is 7. The van der Waals surface area contributed by atoms with Crippen molar-refractivity contribution < 1.29 is 42.9 Å². The minimum atomic E-state index is -0.277. The summed E-state index contributed by atoms with van der Waals surface area (Å²) in [6, 6.07) is 22.5. The molecule has 2 aliphatic carbocycles. The molecule has 11 heterocycles. The van der Waals surface area contributed by atoms with E-state index in [1.807, 2.05) is 60.7 Å². The van der Waals surface area contributed by atoms with Crippen LogP contribution in [-0.4, -0.2) is 178 Å². The number of ether oxygens (including phenoxy) is 5. The van der Waals surface area contributed by atoms with Gasteiger partial charge >= 0.3 is 11.9 Å². The number of nitrogens with zero attached hydrogens (tertiary/aromatic N) is 15. The first-order valence-corrected chi connectivity index (χ1v) is 35.1. The predicted molar refractivity (Wildman–Crippen MR) is 366 cm³/mol. The van der Waals surface area contributed by atoms with Crippen molar-refractivity contribution in [1.82, 2.24) is 60.7 Å². The second-order valence-corrected chi connectivity index (χ2v) is 28.0. The lowest BCUT2D eigenvalue weighted by atomic mass is 9.82. The monoisotopic (exact) mass is 1440 g/mol. The average molecular weight is 1440 g/mol. The van der Waals surface area contributed by atoms with E-state index in [0.717, 1.165) is 132 Å². The van der Waals surface area contributed by atoms with Crippen molar-refractivity contribution in [3.63, 3.8) is 0 Å². The van der Waals surface area contributed by atoms with E-state index in [9.17, 15) is 19.2 Å². The Labute approximate surface area is 573 Å². The molecule has 504 valence electrons. The zero-order valence-electron chi connectivity index (χ0n) is 53.2. The van der Waals surface area contributed by atoms with Crippen LogP contribution in [0.25, 0.3) is 0 Å². The van der Waals surface area contributed by atoms with E-state index in [0.29, 0.717) is 55.5 Å². The summed E-state index contributed by atoms with van der Waals surface area (Å²) in [4.78, 5) is 71.8. The molecule has 0 bridgehead atoms. The van der Waals surface area contributed by atoms with Crippen LogP contribution in [0.3, 0.4) is 0 Å². The molecule has 0 spiro atoms. The zero-order valence-corrected chi connectivity index (χ0v) is 58.1. The zero-order chi connectivity index (χ0) is 66.8. The third-order valence-corrected chi connectivity index (χ3v) is 20.8. The maximum Gasteiger partial charge on any atom is 0.311 e. The Morgan fingerprint density at radius 2 is 0.779 bits per heavy atom. The molecule has 6 N–H and O–H groups in total. The predicted octanol–water partition coefficient (Wildman–Crippen LogP) is 7.84. The van der Waals surface area contributed by atoms with Gasteiger partial charge in [0.1, 0.15) is 42.1 Å². The summed E-state index contributed by atoms with van der Waals surface area (Å²) in [6.07, 6.45) is 9.89. The summed E-state index contributed by atoms with van der Waals surface area (Å²) in [5, 5.41) is 45.3. The normalized spacial score (nSPS) is 18.6. The number of esters is 2. The van der Waals surface area contributed by atoms with Crippen LogP contribution in [0.1, 0.15) is 118 Å². The number of halogens is 1. The first kappa shape index (κ1) is 69.9. The molecule has 5 aliphatic rings. The van der Waals surface area contributed by atoms with Gasteiger partial charge < -0.3 is 60.5 Å². The number of aromatic nitrogens is 12. The fraction of sp³-hybridized carbons (Fsp3) is 0.484. The Kier molecular flexibility index (Phi) is 25.1. The largest absolute Gasteiger partial charge is 0.469 e. The fourth-order valence-electron chi connectivity index (χ4n) is 11.2. The molecule has 2 saturated carbocycles. The van der Waals surface area contributed by atoms with Gasteiger partial charge in [0.05, 0.1) is 81.0 Å². The summed E-state index contributed by atoms with van der Waals surface area (Å²) in [5.74, 6) is 3.01. The van der Waals surface area contributed by atoms with Gasteiger partial charge in [0.25, 0.3) is 0 Å². The molecule has 4 atom stereocenters. The standard InChI is InChI=1S/C32H38N10O4S2.C12H16N2O3.C10H14N6S2.C8H8BrNO2/c1-45-23-15-41(16-23)25-10-4-8-21(33-25)13-27(43)35-31-39-37-29(47-31)19-6-3-7-20(12-19)30-38-40-32(48-30)36-28(44)14-22-9-5-11-26(34-22)42-17-24(18-42)46-2;1-16-10-7-14(8-10)11-5-3-4-9(13-11)6-12(15)17-2;11-9-15-13-7(17-9)5-2-1-3-6(4-5)8-14-16-10(12)18-8;1-12-8(11)5-6-3-2-4-7(9)10-6/h4-5,8-11,19-20,23-24H,3,6-7,12-18H2,1-2H3,(H,35,39,43)(H,36,40,44);3-5,10H,6-8H2,1-2H3;5-6H,1-4H2,(H2,11,15)(H2,12,16);2-4H,5H2,1H3/t19-,20-;;5-,6-;/m0.0./s1. The molecule has 0 aromatic carbocycles. The number of hydrogen-bond donors (Lipinski definition) is 4. The van der Waals surface area contributed by atoms with E-state index >= 15 is 0 Å². The Morgan fingerprint density at radius 3 is 1.11 bits per heavy atom. The van der Waals surface area contributed by atoms with E-state index in [4.69, 9.17) is 25.7 Å². The number of nitrogen functional groups attached to an aromatic ring is 2. The van der Waals surface area contributed by atoms with Crippen LogP contribution in [0.4, 0.5) is 38.0 Å². The van der Waals surface area contributed by atoms with Gasteiger partial charge in [-0.15, -0.1) is 40.8 Å². The first-order chi connectivity index (χ1) is 46.1. The van der Waals surface area contributed by atoms with Crippen LogP contribution in [-0.2, 0) is 68.5 Å². The molecule has 33 heteroatoms. The van der Waals surface area contributed by atoms with Crippen molar-refractivity contribution in [3.05, 3.63) is 120 Å². The van der Waals surface area contributed by atoms with Crippen LogP contribution in [0.2, 0.25) is 0 Å². The molecule has 3 aliphatic heterocycles. The Bertz CT molecular complexity index is 3660. The molecular formula is C62H76BrN19O9S4. The fourth-order valence-corrected chi connectivity index (χ4v) is 14.9. The van der Waals surface area contributed by atoms with E-state index < -0.39 is 0 Å². The maximum absolute atomic E-state index is 12.8. The molecule has 3 saturated heterocycles. The highest BCUT2D eigenvalue weighted by molar-refractivity contribution is 9.10. The van der Waals surface area contributed by atoms with Gasteiger partial charge in [0.15, 0.2) is 0 Å². The summed E-state index contributed by atoms with van der Waals surface area (Å²) < 4.78 is 25.7. The lowest BCUT2D eigenvalue weighted by molar-refractivity contribution is -0.140. The number of nitrogens with two attached hydrogens (primary N) is 2. The third kappa shape index (κ3) is 20.1. The number of rotatable bonds is 20. The van der Waals surface area contributed by atoms with Crippen LogP contribution in [0, 0.1) is 0 Å². The molecular weight excluding hydrogens is 1360 g/mol. The Hall–Kier alpha value is -7.92. The summed E-state index contributed by atoms with van der Waals surface area (Å²) in [7, 11) is 7.88. The molecule has 5 fully saturated rings. The number of carbonyl (C=O) groups is 4. The van der Waals surface area contributed by atoms with Gasteiger partial charge in [0, 0.05) is 84.3 Å². The van der Waals surface area contributed by atoms with Crippen molar-refractivity contribution in [2.75, 3.05) is 112 Å². The molecule has 0 radical (unpaired) electrons. The highest BCUT2D eigenvalue weighted by Gasteiger charge is 2.33. The molecule has 8 aromatic rings. The van der Waals surface area contributed by atoms with Crippen molar-refractivity contribution in [2.24, 2.45) is 0 Å². The molecule has 8 aromatic heterocycles. The lowest BCUT2D eigenvalue weighted by Gasteiger charge is -2.39. The molecule has 28 nitrogen and oxygen atoms in total.